The molecule has 234 valence electrons. The van der Waals surface area contributed by atoms with Crippen LogP contribution in [0.4, 0.5) is 5.69 Å². The molecule has 1 atom stereocenters. The van der Waals surface area contributed by atoms with Crippen LogP contribution >= 0.6 is 23.2 Å². The van der Waals surface area contributed by atoms with Crippen molar-refractivity contribution < 1.29 is 18.0 Å². The van der Waals surface area contributed by atoms with E-state index in [0.717, 1.165) is 28.3 Å². The highest BCUT2D eigenvalue weighted by Gasteiger charge is 2.51. The van der Waals surface area contributed by atoms with Crippen LogP contribution < -0.4 is 9.62 Å². The molecule has 0 aliphatic heterocycles. The first kappa shape index (κ1) is 32.1. The van der Waals surface area contributed by atoms with Crippen molar-refractivity contribution in [3.63, 3.8) is 0 Å². The van der Waals surface area contributed by atoms with Gasteiger partial charge >= 0.3 is 0 Å². The third-order valence-corrected chi connectivity index (χ3v) is 11.5. The first-order valence-electron chi connectivity index (χ1n) is 15.4. The molecule has 2 aromatic carbocycles. The maximum absolute atomic E-state index is 14.0. The molecule has 0 unspecified atom stereocenters. The minimum absolute atomic E-state index is 0.0717. The Balaban J connectivity index is 1.41. The smallest absolute Gasteiger partial charge is 0.244 e. The number of benzene rings is 2. The Bertz CT molecular complexity index is 1430. The van der Waals surface area contributed by atoms with Crippen LogP contribution in [0.2, 0.25) is 10.0 Å². The predicted molar refractivity (Wildman–Crippen MR) is 173 cm³/mol. The third-order valence-electron chi connectivity index (χ3n) is 9.64. The molecule has 1 N–H and O–H groups in total. The number of nitrogens with one attached hydrogen (secondary N) is 1. The molecule has 4 fully saturated rings. The average molecular weight is 649 g/mol. The second kappa shape index (κ2) is 12.6. The molecule has 0 radical (unpaired) electrons. The summed E-state index contributed by atoms with van der Waals surface area (Å²) in [6, 6.07) is 12.0. The van der Waals surface area contributed by atoms with E-state index in [1.165, 1.54) is 49.0 Å². The second-order valence-corrected chi connectivity index (χ2v) is 16.1. The van der Waals surface area contributed by atoms with Crippen molar-refractivity contribution in [2.24, 2.45) is 17.8 Å². The molecule has 0 heterocycles. The first-order valence-corrected chi connectivity index (χ1v) is 18.0. The van der Waals surface area contributed by atoms with E-state index in [4.69, 9.17) is 23.2 Å². The number of carbonyl (C=O) groups excluding carboxylic acids is 2. The molecule has 4 saturated carbocycles. The van der Waals surface area contributed by atoms with Gasteiger partial charge in [0, 0.05) is 12.6 Å². The molecule has 4 aliphatic carbocycles. The third kappa shape index (κ3) is 7.02. The highest BCUT2D eigenvalue weighted by atomic mass is 35.5. The molecule has 10 heteroatoms. The fourth-order valence-corrected chi connectivity index (χ4v) is 9.36. The summed E-state index contributed by atoms with van der Waals surface area (Å²) in [6.07, 6.45) is 9.17. The number of amides is 2. The fourth-order valence-electron chi connectivity index (χ4n) is 8.19. The van der Waals surface area contributed by atoms with Crippen LogP contribution in [0.15, 0.2) is 42.5 Å². The number of anilines is 1. The standard InChI is InChI=1S/C33H43Cl2N3O4S/c1-5-30(32(40)36-21(2)3)37(19-22-6-11-28(34)29(35)15-22)31(39)20-38(43(4,41)42)27-9-7-26(8-10-27)33-16-23-12-24(17-33)14-25(13-23)18-33/h6-11,15,21,23-25,30H,5,12-14,16-20H2,1-4H3,(H,36,40)/t23?,24?,25?,30-,33?/m1/s1. The quantitative estimate of drug-likeness (QED) is 0.299. The Labute approximate surface area is 266 Å². The number of halogens is 2. The van der Waals surface area contributed by atoms with Crippen LogP contribution in [0, 0.1) is 17.8 Å². The monoisotopic (exact) mass is 647 g/mol. The second-order valence-electron chi connectivity index (χ2n) is 13.4. The summed E-state index contributed by atoms with van der Waals surface area (Å²) in [5.41, 5.74) is 2.60. The maximum Gasteiger partial charge on any atom is 0.244 e. The van der Waals surface area contributed by atoms with E-state index in [9.17, 15) is 18.0 Å². The van der Waals surface area contributed by atoms with Gasteiger partial charge in [-0.2, -0.15) is 0 Å². The molecule has 4 aliphatic rings. The lowest BCUT2D eigenvalue weighted by atomic mass is 9.48. The summed E-state index contributed by atoms with van der Waals surface area (Å²) in [5, 5.41) is 3.62. The van der Waals surface area contributed by atoms with Gasteiger partial charge in [0.05, 0.1) is 22.0 Å². The van der Waals surface area contributed by atoms with E-state index >= 15 is 0 Å². The zero-order valence-corrected chi connectivity index (χ0v) is 27.8. The zero-order chi connectivity index (χ0) is 31.1. The maximum atomic E-state index is 14.0. The molecule has 7 nitrogen and oxygen atoms in total. The molecule has 6 rings (SSSR count). The fraction of sp³-hybridized carbons (Fsp3) is 0.576. The molecule has 0 spiro atoms. The Kier molecular flexibility index (Phi) is 9.41. The van der Waals surface area contributed by atoms with Gasteiger partial charge in [-0.1, -0.05) is 48.3 Å². The normalized spacial score (nSPS) is 25.0. The highest BCUT2D eigenvalue weighted by Crippen LogP contribution is 2.60. The van der Waals surface area contributed by atoms with Gasteiger partial charge in [0.1, 0.15) is 12.6 Å². The highest BCUT2D eigenvalue weighted by molar-refractivity contribution is 7.92. The van der Waals surface area contributed by atoms with E-state index in [1.54, 1.807) is 18.2 Å². The molecule has 2 amide bonds. The summed E-state index contributed by atoms with van der Waals surface area (Å²) in [4.78, 5) is 28.7. The number of sulfonamides is 1. The van der Waals surface area contributed by atoms with E-state index in [0.29, 0.717) is 27.7 Å². The molecule has 43 heavy (non-hydrogen) atoms. The molecule has 0 aromatic heterocycles. The number of rotatable bonds is 11. The van der Waals surface area contributed by atoms with Crippen LogP contribution in [0.25, 0.3) is 0 Å². The molecular formula is C33H43Cl2N3O4S. The summed E-state index contributed by atoms with van der Waals surface area (Å²) < 4.78 is 27.3. The summed E-state index contributed by atoms with van der Waals surface area (Å²) in [7, 11) is -3.81. The zero-order valence-electron chi connectivity index (χ0n) is 25.5. The average Bonchev–Trinajstić information content (AvgIpc) is 2.92. The van der Waals surface area contributed by atoms with Crippen molar-refractivity contribution >= 4 is 50.7 Å². The lowest BCUT2D eigenvalue weighted by Gasteiger charge is -2.57. The van der Waals surface area contributed by atoms with Crippen molar-refractivity contribution in [3.05, 3.63) is 63.6 Å². The predicted octanol–water partition coefficient (Wildman–Crippen LogP) is 6.56. The van der Waals surface area contributed by atoms with Gasteiger partial charge in [-0.25, -0.2) is 8.42 Å². The van der Waals surface area contributed by atoms with Gasteiger partial charge in [-0.15, -0.1) is 0 Å². The van der Waals surface area contributed by atoms with Crippen LogP contribution in [0.3, 0.4) is 0 Å². The van der Waals surface area contributed by atoms with Gasteiger partial charge in [0.25, 0.3) is 0 Å². The Morgan fingerprint density at radius 3 is 2.02 bits per heavy atom. The van der Waals surface area contributed by atoms with Crippen molar-refractivity contribution in [2.75, 3.05) is 17.1 Å². The lowest BCUT2D eigenvalue weighted by molar-refractivity contribution is -0.140. The van der Waals surface area contributed by atoms with Crippen molar-refractivity contribution in [1.82, 2.24) is 10.2 Å². The van der Waals surface area contributed by atoms with Gasteiger partial charge in [-0.05, 0) is 117 Å². The van der Waals surface area contributed by atoms with Crippen LogP contribution in [-0.4, -0.2) is 50.0 Å². The first-order chi connectivity index (χ1) is 20.3. The number of carbonyl (C=O) groups is 2. The Hall–Kier alpha value is -2.29. The Morgan fingerprint density at radius 2 is 1.53 bits per heavy atom. The minimum Gasteiger partial charge on any atom is -0.352 e. The van der Waals surface area contributed by atoms with Crippen LogP contribution in [0.1, 0.15) is 76.8 Å². The van der Waals surface area contributed by atoms with Crippen molar-refractivity contribution in [2.45, 2.75) is 89.8 Å². The van der Waals surface area contributed by atoms with Gasteiger partial charge < -0.3 is 10.2 Å². The number of hydrogen-bond acceptors (Lipinski definition) is 4. The van der Waals surface area contributed by atoms with Crippen LogP contribution in [0.5, 0.6) is 0 Å². The number of hydrogen-bond donors (Lipinski definition) is 1. The Morgan fingerprint density at radius 1 is 0.953 bits per heavy atom. The summed E-state index contributed by atoms with van der Waals surface area (Å²) in [5.74, 6) is 1.63. The molecular weight excluding hydrogens is 605 g/mol. The number of nitrogens with zero attached hydrogens (tertiary/aromatic N) is 2. The van der Waals surface area contributed by atoms with Gasteiger partial charge in [-0.3, -0.25) is 13.9 Å². The molecule has 2 aromatic rings. The summed E-state index contributed by atoms with van der Waals surface area (Å²) in [6.45, 7) is 5.18. The van der Waals surface area contributed by atoms with Crippen LogP contribution in [-0.2, 0) is 31.6 Å². The molecule has 0 saturated heterocycles. The minimum atomic E-state index is -3.81. The molecule has 4 bridgehead atoms. The van der Waals surface area contributed by atoms with Crippen molar-refractivity contribution in [3.8, 4) is 0 Å². The SMILES string of the molecule is CC[C@H](C(=O)NC(C)C)N(Cc1ccc(Cl)c(Cl)c1)C(=O)CN(c1ccc(C23CC4CC(CC(C4)C2)C3)cc1)S(C)(=O)=O. The lowest BCUT2D eigenvalue weighted by Crippen LogP contribution is -2.53. The van der Waals surface area contributed by atoms with Crippen molar-refractivity contribution in [1.29, 1.82) is 0 Å². The van der Waals surface area contributed by atoms with E-state index in [2.05, 4.69) is 17.4 Å². The van der Waals surface area contributed by atoms with Gasteiger partial charge in [0.15, 0.2) is 0 Å². The van der Waals surface area contributed by atoms with E-state index < -0.39 is 28.5 Å². The van der Waals surface area contributed by atoms with E-state index in [-0.39, 0.29) is 23.9 Å². The topological polar surface area (TPSA) is 86.8 Å². The van der Waals surface area contributed by atoms with Gasteiger partial charge in [0.2, 0.25) is 21.8 Å². The van der Waals surface area contributed by atoms with E-state index in [1.807, 2.05) is 32.9 Å². The largest absolute Gasteiger partial charge is 0.352 e. The summed E-state index contributed by atoms with van der Waals surface area (Å²) >= 11 is 12.4.